The van der Waals surface area contributed by atoms with Gasteiger partial charge in [-0.05, 0) is 57.1 Å². The average molecular weight is 217 g/mol. The van der Waals surface area contributed by atoms with Gasteiger partial charge in [0.05, 0.1) is 0 Å². The number of ketones is 1. The van der Waals surface area contributed by atoms with Crippen LogP contribution < -0.4 is 0 Å². The van der Waals surface area contributed by atoms with Crippen molar-refractivity contribution >= 4 is 5.78 Å². The molecule has 16 heavy (non-hydrogen) atoms. The fourth-order valence-electron chi connectivity index (χ4n) is 2.29. The van der Waals surface area contributed by atoms with Crippen LogP contribution in [-0.4, -0.2) is 10.8 Å². The Bertz CT molecular complexity index is 384. The summed E-state index contributed by atoms with van der Waals surface area (Å²) in [7, 11) is 0. The normalized spacial score (nSPS) is 14.6. The van der Waals surface area contributed by atoms with Gasteiger partial charge in [-0.3, -0.25) is 4.98 Å². The maximum Gasteiger partial charge on any atom is 0.129 e. The Morgan fingerprint density at radius 2 is 2.12 bits per heavy atom. The van der Waals surface area contributed by atoms with Gasteiger partial charge >= 0.3 is 0 Å². The molecule has 2 nitrogen and oxygen atoms in total. The second kappa shape index (κ2) is 5.24. The molecule has 0 amide bonds. The molecule has 0 N–H and O–H groups in total. The van der Waals surface area contributed by atoms with Gasteiger partial charge in [0.2, 0.25) is 0 Å². The summed E-state index contributed by atoms with van der Waals surface area (Å²) < 4.78 is 0. The van der Waals surface area contributed by atoms with Crippen LogP contribution in [0, 0.1) is 0 Å². The number of hydrogen-bond acceptors (Lipinski definition) is 2. The number of aromatic nitrogens is 1. The highest BCUT2D eigenvalue weighted by atomic mass is 16.1. The van der Waals surface area contributed by atoms with E-state index >= 15 is 0 Å². The lowest BCUT2D eigenvalue weighted by molar-refractivity contribution is -0.117. The Kier molecular flexibility index (Phi) is 3.70. The van der Waals surface area contributed by atoms with Crippen LogP contribution in [-0.2, 0) is 24.1 Å². The van der Waals surface area contributed by atoms with E-state index < -0.39 is 0 Å². The molecular formula is C14H19NO. The van der Waals surface area contributed by atoms with Crippen LogP contribution in [0.25, 0.3) is 0 Å². The first-order valence-corrected chi connectivity index (χ1v) is 6.23. The van der Waals surface area contributed by atoms with Crippen LogP contribution in [0.3, 0.4) is 0 Å². The standard InChI is InChI=1S/C14H19NO/c1-11(16)5-4-7-13-10-9-12-6-2-3-8-14(12)15-13/h9-10H,2-8H2,1H3. The fourth-order valence-corrected chi connectivity index (χ4v) is 2.29. The Morgan fingerprint density at radius 1 is 1.31 bits per heavy atom. The number of Topliss-reactive ketones (excluding diaryl/α,β-unsaturated/α-hetero) is 1. The van der Waals surface area contributed by atoms with Gasteiger partial charge in [0.1, 0.15) is 5.78 Å². The van der Waals surface area contributed by atoms with Crippen molar-refractivity contribution < 1.29 is 4.79 Å². The molecule has 1 aromatic heterocycles. The molecule has 86 valence electrons. The molecule has 0 aromatic carbocycles. The molecule has 0 radical (unpaired) electrons. The molecule has 0 atom stereocenters. The quantitative estimate of drug-likeness (QED) is 0.776. The highest BCUT2D eigenvalue weighted by molar-refractivity contribution is 5.75. The van der Waals surface area contributed by atoms with E-state index in [4.69, 9.17) is 4.98 Å². The van der Waals surface area contributed by atoms with Gasteiger partial charge in [-0.25, -0.2) is 0 Å². The molecule has 0 aliphatic heterocycles. The highest BCUT2D eigenvalue weighted by Gasteiger charge is 2.10. The first-order chi connectivity index (χ1) is 7.75. The van der Waals surface area contributed by atoms with Crippen LogP contribution >= 0.6 is 0 Å². The van der Waals surface area contributed by atoms with Crippen molar-refractivity contribution in [3.8, 4) is 0 Å². The number of carbonyl (C=O) groups is 1. The molecule has 0 saturated heterocycles. The summed E-state index contributed by atoms with van der Waals surface area (Å²) in [5.74, 6) is 0.276. The first kappa shape index (κ1) is 11.3. The largest absolute Gasteiger partial charge is 0.300 e. The monoisotopic (exact) mass is 217 g/mol. The van der Waals surface area contributed by atoms with Crippen molar-refractivity contribution in [3.63, 3.8) is 0 Å². The molecule has 1 heterocycles. The minimum absolute atomic E-state index is 0.276. The minimum atomic E-state index is 0.276. The van der Waals surface area contributed by atoms with E-state index in [-0.39, 0.29) is 5.78 Å². The van der Waals surface area contributed by atoms with Crippen molar-refractivity contribution in [1.29, 1.82) is 0 Å². The van der Waals surface area contributed by atoms with E-state index in [0.717, 1.165) is 25.0 Å². The Hall–Kier alpha value is -1.18. The third-order valence-electron chi connectivity index (χ3n) is 3.20. The molecule has 0 spiro atoms. The number of aryl methyl sites for hydroxylation is 3. The molecule has 0 fully saturated rings. The van der Waals surface area contributed by atoms with E-state index in [1.807, 2.05) is 0 Å². The molecule has 0 bridgehead atoms. The van der Waals surface area contributed by atoms with Crippen molar-refractivity contribution in [1.82, 2.24) is 4.98 Å². The van der Waals surface area contributed by atoms with E-state index in [0.29, 0.717) is 6.42 Å². The van der Waals surface area contributed by atoms with Crippen LogP contribution in [0.5, 0.6) is 0 Å². The van der Waals surface area contributed by atoms with E-state index in [1.165, 1.54) is 30.5 Å². The molecule has 2 rings (SSSR count). The average Bonchev–Trinajstić information content (AvgIpc) is 2.28. The lowest BCUT2D eigenvalue weighted by Crippen LogP contribution is -2.07. The highest BCUT2D eigenvalue weighted by Crippen LogP contribution is 2.20. The third-order valence-corrected chi connectivity index (χ3v) is 3.20. The summed E-state index contributed by atoms with van der Waals surface area (Å²) in [4.78, 5) is 15.5. The van der Waals surface area contributed by atoms with Crippen molar-refractivity contribution in [3.05, 3.63) is 29.1 Å². The number of carbonyl (C=O) groups excluding carboxylic acids is 1. The van der Waals surface area contributed by atoms with Crippen LogP contribution in [0.4, 0.5) is 0 Å². The summed E-state index contributed by atoms with van der Waals surface area (Å²) in [5, 5.41) is 0. The molecule has 1 aromatic rings. The van der Waals surface area contributed by atoms with E-state index in [9.17, 15) is 4.79 Å². The van der Waals surface area contributed by atoms with Gasteiger partial charge in [0, 0.05) is 17.8 Å². The maximum atomic E-state index is 10.8. The molecule has 2 heteroatoms. The van der Waals surface area contributed by atoms with Gasteiger partial charge in [0.15, 0.2) is 0 Å². The van der Waals surface area contributed by atoms with E-state index in [1.54, 1.807) is 6.92 Å². The van der Waals surface area contributed by atoms with Crippen LogP contribution in [0.1, 0.15) is 49.6 Å². The number of hydrogen-bond donors (Lipinski definition) is 0. The SMILES string of the molecule is CC(=O)CCCc1ccc2c(n1)CCCC2. The Morgan fingerprint density at radius 3 is 2.94 bits per heavy atom. The first-order valence-electron chi connectivity index (χ1n) is 6.23. The van der Waals surface area contributed by atoms with Crippen molar-refractivity contribution in [2.75, 3.05) is 0 Å². The molecule has 1 aliphatic carbocycles. The summed E-state index contributed by atoms with van der Waals surface area (Å²) in [5.41, 5.74) is 3.88. The second-order valence-electron chi connectivity index (χ2n) is 4.67. The van der Waals surface area contributed by atoms with Crippen molar-refractivity contribution in [2.24, 2.45) is 0 Å². The Labute approximate surface area is 97.1 Å². The summed E-state index contributed by atoms with van der Waals surface area (Å²) in [6.45, 7) is 1.65. The van der Waals surface area contributed by atoms with Gasteiger partial charge in [-0.1, -0.05) is 6.07 Å². The Balaban J connectivity index is 1.97. The second-order valence-corrected chi connectivity index (χ2v) is 4.67. The number of rotatable bonds is 4. The number of nitrogens with zero attached hydrogens (tertiary/aromatic N) is 1. The smallest absolute Gasteiger partial charge is 0.129 e. The molecule has 0 saturated carbocycles. The predicted octanol–water partition coefficient (Wildman–Crippen LogP) is 2.87. The summed E-state index contributed by atoms with van der Waals surface area (Å²) in [6, 6.07) is 4.36. The maximum absolute atomic E-state index is 10.8. The summed E-state index contributed by atoms with van der Waals surface area (Å²) in [6.07, 6.45) is 7.45. The lowest BCUT2D eigenvalue weighted by atomic mass is 9.95. The van der Waals surface area contributed by atoms with E-state index in [2.05, 4.69) is 12.1 Å². The van der Waals surface area contributed by atoms with Gasteiger partial charge in [-0.15, -0.1) is 0 Å². The number of pyridine rings is 1. The van der Waals surface area contributed by atoms with Gasteiger partial charge in [-0.2, -0.15) is 0 Å². The molecule has 0 unspecified atom stereocenters. The van der Waals surface area contributed by atoms with Crippen molar-refractivity contribution in [2.45, 2.75) is 51.9 Å². The molecular weight excluding hydrogens is 198 g/mol. The van der Waals surface area contributed by atoms with Crippen LogP contribution in [0.15, 0.2) is 12.1 Å². The predicted molar refractivity (Wildman–Crippen MR) is 64.5 cm³/mol. The van der Waals surface area contributed by atoms with Gasteiger partial charge < -0.3 is 4.79 Å². The van der Waals surface area contributed by atoms with Crippen LogP contribution in [0.2, 0.25) is 0 Å². The lowest BCUT2D eigenvalue weighted by Gasteiger charge is -2.15. The minimum Gasteiger partial charge on any atom is -0.300 e. The third kappa shape index (κ3) is 2.91. The summed E-state index contributed by atoms with van der Waals surface area (Å²) >= 11 is 0. The zero-order chi connectivity index (χ0) is 11.4. The van der Waals surface area contributed by atoms with Gasteiger partial charge in [0.25, 0.3) is 0 Å². The zero-order valence-corrected chi connectivity index (χ0v) is 9.96. The zero-order valence-electron chi connectivity index (χ0n) is 9.96. The number of fused-ring (bicyclic) bond motifs is 1. The topological polar surface area (TPSA) is 30.0 Å². The fraction of sp³-hybridized carbons (Fsp3) is 0.571. The molecule has 1 aliphatic rings.